The SMILES string of the molecule is CC(C)(C)[Si](C)(C)Oc1cc2c(cc1Br)OCO2. The third kappa shape index (κ3) is 2.52. The molecule has 100 valence electrons. The molecular weight excluding hydrogens is 312 g/mol. The molecule has 18 heavy (non-hydrogen) atoms. The van der Waals surface area contributed by atoms with E-state index in [-0.39, 0.29) is 11.8 Å². The molecule has 2 rings (SSSR count). The van der Waals surface area contributed by atoms with Gasteiger partial charge in [-0.05, 0) is 34.1 Å². The minimum absolute atomic E-state index is 0.169. The van der Waals surface area contributed by atoms with Gasteiger partial charge in [-0.1, -0.05) is 20.8 Å². The maximum atomic E-state index is 6.28. The van der Waals surface area contributed by atoms with Gasteiger partial charge >= 0.3 is 0 Å². The summed E-state index contributed by atoms with van der Waals surface area (Å²) < 4.78 is 17.9. The van der Waals surface area contributed by atoms with Gasteiger partial charge in [0, 0.05) is 12.1 Å². The van der Waals surface area contributed by atoms with Gasteiger partial charge in [0.2, 0.25) is 6.79 Å². The average Bonchev–Trinajstić information content (AvgIpc) is 2.63. The van der Waals surface area contributed by atoms with Crippen molar-refractivity contribution in [3.8, 4) is 17.2 Å². The maximum Gasteiger partial charge on any atom is 0.250 e. The zero-order chi connectivity index (χ0) is 13.6. The maximum absolute atomic E-state index is 6.28. The van der Waals surface area contributed by atoms with Crippen molar-refractivity contribution in [1.82, 2.24) is 0 Å². The molecule has 0 N–H and O–H groups in total. The molecular formula is C13H19BrO3Si. The van der Waals surface area contributed by atoms with E-state index >= 15 is 0 Å². The van der Waals surface area contributed by atoms with Gasteiger partial charge in [-0.3, -0.25) is 0 Å². The van der Waals surface area contributed by atoms with E-state index in [9.17, 15) is 0 Å². The first-order valence-electron chi connectivity index (χ1n) is 5.99. The molecule has 3 nitrogen and oxygen atoms in total. The lowest BCUT2D eigenvalue weighted by Gasteiger charge is -2.36. The first kappa shape index (κ1) is 13.7. The molecule has 0 bridgehead atoms. The Kier molecular flexibility index (Phi) is 3.40. The van der Waals surface area contributed by atoms with Crippen LogP contribution in [0.4, 0.5) is 0 Å². The van der Waals surface area contributed by atoms with Crippen LogP contribution in [0.15, 0.2) is 16.6 Å². The molecule has 5 heteroatoms. The third-order valence-corrected chi connectivity index (χ3v) is 8.56. The second-order valence-electron chi connectivity index (χ2n) is 6.00. The van der Waals surface area contributed by atoms with Crippen LogP contribution in [0.5, 0.6) is 17.2 Å². The van der Waals surface area contributed by atoms with Crippen molar-refractivity contribution in [2.75, 3.05) is 6.79 Å². The fourth-order valence-electron chi connectivity index (χ4n) is 1.40. The second kappa shape index (κ2) is 4.45. The molecule has 0 spiro atoms. The van der Waals surface area contributed by atoms with E-state index in [0.717, 1.165) is 21.7 Å². The van der Waals surface area contributed by atoms with E-state index in [1.807, 2.05) is 12.1 Å². The van der Waals surface area contributed by atoms with E-state index in [1.165, 1.54) is 0 Å². The Balaban J connectivity index is 2.30. The summed E-state index contributed by atoms with van der Waals surface area (Å²) in [4.78, 5) is 0. The van der Waals surface area contributed by atoms with Crippen molar-refractivity contribution in [3.05, 3.63) is 16.6 Å². The Hall–Kier alpha value is -0.683. The topological polar surface area (TPSA) is 27.7 Å². The Bertz CT molecular complexity index is 466. The molecule has 1 aromatic rings. The van der Waals surface area contributed by atoms with Gasteiger partial charge in [0.25, 0.3) is 8.32 Å². The lowest BCUT2D eigenvalue weighted by atomic mass is 10.2. The van der Waals surface area contributed by atoms with E-state index < -0.39 is 8.32 Å². The van der Waals surface area contributed by atoms with Crippen molar-refractivity contribution in [1.29, 1.82) is 0 Å². The fourth-order valence-corrected chi connectivity index (χ4v) is 2.98. The first-order chi connectivity index (χ1) is 8.21. The minimum Gasteiger partial charge on any atom is -0.543 e. The molecule has 1 heterocycles. The molecule has 0 aromatic heterocycles. The van der Waals surface area contributed by atoms with Crippen LogP contribution < -0.4 is 13.9 Å². The third-order valence-electron chi connectivity index (χ3n) is 3.60. The highest BCUT2D eigenvalue weighted by molar-refractivity contribution is 9.10. The standard InChI is InChI=1S/C13H19BrO3Si/c1-13(2,3)18(4,5)17-10-7-12-11(6-9(10)14)15-8-16-12/h6-7H,8H2,1-5H3. The average molecular weight is 331 g/mol. The normalized spacial score (nSPS) is 14.8. The monoisotopic (exact) mass is 330 g/mol. The number of ether oxygens (including phenoxy) is 2. The number of fused-ring (bicyclic) bond motifs is 1. The van der Waals surface area contributed by atoms with E-state index in [4.69, 9.17) is 13.9 Å². The predicted molar refractivity (Wildman–Crippen MR) is 78.1 cm³/mol. The summed E-state index contributed by atoms with van der Waals surface area (Å²) in [6, 6.07) is 3.82. The summed E-state index contributed by atoms with van der Waals surface area (Å²) in [5.74, 6) is 2.36. The second-order valence-corrected chi connectivity index (χ2v) is 11.6. The zero-order valence-electron chi connectivity index (χ0n) is 11.5. The summed E-state index contributed by atoms with van der Waals surface area (Å²) in [5, 5.41) is 0.169. The van der Waals surface area contributed by atoms with Crippen LogP contribution in [-0.2, 0) is 0 Å². The predicted octanol–water partition coefficient (Wildman–Crippen LogP) is 4.56. The van der Waals surface area contributed by atoms with E-state index in [1.54, 1.807) is 0 Å². The van der Waals surface area contributed by atoms with Crippen LogP contribution in [-0.4, -0.2) is 15.1 Å². The Morgan fingerprint density at radius 1 is 1.17 bits per heavy atom. The number of benzene rings is 1. The largest absolute Gasteiger partial charge is 0.543 e. The van der Waals surface area contributed by atoms with E-state index in [0.29, 0.717) is 0 Å². The summed E-state index contributed by atoms with van der Waals surface area (Å²) in [5.41, 5.74) is 0. The van der Waals surface area contributed by atoms with Gasteiger partial charge in [-0.2, -0.15) is 0 Å². The molecule has 0 aliphatic carbocycles. The van der Waals surface area contributed by atoms with Crippen LogP contribution in [0.3, 0.4) is 0 Å². The molecule has 1 aromatic carbocycles. The summed E-state index contributed by atoms with van der Waals surface area (Å²) in [6.45, 7) is 11.4. The van der Waals surface area contributed by atoms with Gasteiger partial charge in [-0.25, -0.2) is 0 Å². The van der Waals surface area contributed by atoms with Gasteiger partial charge in [-0.15, -0.1) is 0 Å². The van der Waals surface area contributed by atoms with Crippen molar-refractivity contribution in [3.63, 3.8) is 0 Å². The summed E-state index contributed by atoms with van der Waals surface area (Å²) in [6.07, 6.45) is 0. The van der Waals surface area contributed by atoms with Crippen LogP contribution >= 0.6 is 15.9 Å². The highest BCUT2D eigenvalue weighted by Gasteiger charge is 2.39. The fraction of sp³-hybridized carbons (Fsp3) is 0.538. The van der Waals surface area contributed by atoms with Crippen LogP contribution in [0, 0.1) is 0 Å². The van der Waals surface area contributed by atoms with Gasteiger partial charge in [0.15, 0.2) is 11.5 Å². The highest BCUT2D eigenvalue weighted by atomic mass is 79.9. The van der Waals surface area contributed by atoms with Crippen molar-refractivity contribution >= 4 is 24.2 Å². The van der Waals surface area contributed by atoms with Gasteiger partial charge in [0.1, 0.15) is 5.75 Å². The molecule has 0 unspecified atom stereocenters. The van der Waals surface area contributed by atoms with Crippen molar-refractivity contribution < 1.29 is 13.9 Å². The van der Waals surface area contributed by atoms with Gasteiger partial charge < -0.3 is 13.9 Å². The zero-order valence-corrected chi connectivity index (χ0v) is 14.1. The molecule has 0 amide bonds. The molecule has 0 saturated carbocycles. The lowest BCUT2D eigenvalue weighted by molar-refractivity contribution is 0.174. The number of halogens is 1. The Morgan fingerprint density at radius 2 is 1.72 bits per heavy atom. The van der Waals surface area contributed by atoms with Crippen LogP contribution in [0.2, 0.25) is 18.1 Å². The van der Waals surface area contributed by atoms with E-state index in [2.05, 4.69) is 49.8 Å². The Morgan fingerprint density at radius 3 is 2.28 bits per heavy atom. The molecule has 0 atom stereocenters. The quantitative estimate of drug-likeness (QED) is 0.744. The van der Waals surface area contributed by atoms with Crippen LogP contribution in [0.25, 0.3) is 0 Å². The lowest BCUT2D eigenvalue weighted by Crippen LogP contribution is -2.43. The first-order valence-corrected chi connectivity index (χ1v) is 9.69. The number of rotatable bonds is 2. The van der Waals surface area contributed by atoms with Crippen LogP contribution in [0.1, 0.15) is 20.8 Å². The molecule has 1 aliphatic heterocycles. The molecule has 0 saturated heterocycles. The summed E-state index contributed by atoms with van der Waals surface area (Å²) >= 11 is 3.53. The van der Waals surface area contributed by atoms with Crippen molar-refractivity contribution in [2.45, 2.75) is 38.9 Å². The Labute approximate surface area is 118 Å². The molecule has 1 aliphatic rings. The van der Waals surface area contributed by atoms with Gasteiger partial charge in [0.05, 0.1) is 4.47 Å². The molecule has 0 fully saturated rings. The molecule has 0 radical (unpaired) electrons. The van der Waals surface area contributed by atoms with Crippen molar-refractivity contribution in [2.24, 2.45) is 0 Å². The summed E-state index contributed by atoms with van der Waals surface area (Å²) in [7, 11) is -1.84. The highest BCUT2D eigenvalue weighted by Crippen LogP contribution is 2.44. The smallest absolute Gasteiger partial charge is 0.250 e. The number of hydrogen-bond acceptors (Lipinski definition) is 3. The number of hydrogen-bond donors (Lipinski definition) is 0. The minimum atomic E-state index is -1.84.